The SMILES string of the molecule is CCCCCCCCCCCCCCCCCCOP(=O)(O)OCCOCC. The summed E-state index contributed by atoms with van der Waals surface area (Å²) in [7, 11) is -3.90. The average molecular weight is 423 g/mol. The van der Waals surface area contributed by atoms with Crippen LogP contribution in [0.1, 0.15) is 117 Å². The van der Waals surface area contributed by atoms with Crippen LogP contribution in [0.5, 0.6) is 0 Å². The molecule has 0 fully saturated rings. The molecule has 0 bridgehead atoms. The quantitative estimate of drug-likeness (QED) is 0.137. The Kier molecular flexibility index (Phi) is 21.8. The Labute approximate surface area is 174 Å². The summed E-state index contributed by atoms with van der Waals surface area (Å²) in [5.74, 6) is 0. The molecule has 0 aromatic heterocycles. The van der Waals surface area contributed by atoms with Crippen molar-refractivity contribution in [3.63, 3.8) is 0 Å². The van der Waals surface area contributed by atoms with Gasteiger partial charge in [-0.3, -0.25) is 9.05 Å². The molecule has 0 aliphatic heterocycles. The Morgan fingerprint density at radius 3 is 1.39 bits per heavy atom. The van der Waals surface area contributed by atoms with E-state index in [4.69, 9.17) is 13.8 Å². The lowest BCUT2D eigenvalue weighted by Gasteiger charge is -2.12. The van der Waals surface area contributed by atoms with Gasteiger partial charge in [0.25, 0.3) is 0 Å². The Bertz CT molecular complexity index is 352. The minimum atomic E-state index is -3.90. The molecular formula is C22H47O5P. The van der Waals surface area contributed by atoms with E-state index in [-0.39, 0.29) is 13.2 Å². The van der Waals surface area contributed by atoms with Gasteiger partial charge >= 0.3 is 7.82 Å². The minimum absolute atomic E-state index is 0.0839. The molecule has 0 amide bonds. The van der Waals surface area contributed by atoms with Crippen molar-refractivity contribution in [2.75, 3.05) is 26.4 Å². The average Bonchev–Trinajstić information content (AvgIpc) is 2.67. The van der Waals surface area contributed by atoms with Gasteiger partial charge in [0.2, 0.25) is 0 Å². The number of phosphoric acid groups is 1. The highest BCUT2D eigenvalue weighted by Gasteiger charge is 2.19. The van der Waals surface area contributed by atoms with E-state index in [0.717, 1.165) is 12.8 Å². The molecule has 170 valence electrons. The second kappa shape index (κ2) is 21.8. The van der Waals surface area contributed by atoms with Gasteiger partial charge in [0.1, 0.15) is 0 Å². The van der Waals surface area contributed by atoms with Gasteiger partial charge in [0.15, 0.2) is 0 Å². The number of ether oxygens (including phenoxy) is 1. The summed E-state index contributed by atoms with van der Waals surface area (Å²) < 4.78 is 26.4. The fourth-order valence-corrected chi connectivity index (χ4v) is 3.96. The lowest BCUT2D eigenvalue weighted by Crippen LogP contribution is -2.04. The van der Waals surface area contributed by atoms with Crippen molar-refractivity contribution in [3.8, 4) is 0 Å². The van der Waals surface area contributed by atoms with Gasteiger partial charge in [-0.05, 0) is 13.3 Å². The maximum absolute atomic E-state index is 11.6. The third-order valence-electron chi connectivity index (χ3n) is 4.94. The Balaban J connectivity index is 3.20. The molecule has 1 atom stereocenters. The lowest BCUT2D eigenvalue weighted by atomic mass is 10.0. The molecule has 1 unspecified atom stereocenters. The molecule has 1 N–H and O–H groups in total. The molecule has 0 aliphatic rings. The van der Waals surface area contributed by atoms with Crippen LogP contribution in [0, 0.1) is 0 Å². The maximum Gasteiger partial charge on any atom is 0.472 e. The smallest absolute Gasteiger partial charge is 0.379 e. The predicted octanol–water partition coefficient (Wildman–Crippen LogP) is 7.42. The van der Waals surface area contributed by atoms with Crippen molar-refractivity contribution in [2.45, 2.75) is 117 Å². The minimum Gasteiger partial charge on any atom is -0.379 e. The first-order valence-electron chi connectivity index (χ1n) is 11.8. The van der Waals surface area contributed by atoms with E-state index in [1.807, 2.05) is 6.92 Å². The van der Waals surface area contributed by atoms with Gasteiger partial charge in [-0.1, -0.05) is 103 Å². The van der Waals surface area contributed by atoms with Crippen LogP contribution in [0.15, 0.2) is 0 Å². The number of rotatable bonds is 23. The van der Waals surface area contributed by atoms with Crippen molar-refractivity contribution in [1.82, 2.24) is 0 Å². The first kappa shape index (κ1) is 28.1. The van der Waals surface area contributed by atoms with Crippen LogP contribution in [-0.2, 0) is 18.3 Å². The Hall–Kier alpha value is 0.0700. The topological polar surface area (TPSA) is 65.0 Å². The fraction of sp³-hybridized carbons (Fsp3) is 1.00. The number of unbranched alkanes of at least 4 members (excludes halogenated alkanes) is 15. The normalized spacial score (nSPS) is 13.7. The first-order chi connectivity index (χ1) is 13.6. The Morgan fingerprint density at radius 2 is 0.964 bits per heavy atom. The molecule has 0 saturated heterocycles. The third kappa shape index (κ3) is 22.4. The van der Waals surface area contributed by atoms with Crippen LogP contribution in [0.3, 0.4) is 0 Å². The molecule has 0 radical (unpaired) electrons. The largest absolute Gasteiger partial charge is 0.472 e. The van der Waals surface area contributed by atoms with Crippen molar-refractivity contribution < 1.29 is 23.2 Å². The zero-order chi connectivity index (χ0) is 20.8. The standard InChI is InChI=1S/C22H47O5P/c1-3-5-6-7-8-9-10-11-12-13-14-15-16-17-18-19-20-26-28(23,24)27-22-21-25-4-2/h3-22H2,1-2H3,(H,23,24). The van der Waals surface area contributed by atoms with Gasteiger partial charge in [0.05, 0.1) is 19.8 Å². The molecule has 0 rings (SSSR count). The van der Waals surface area contributed by atoms with Crippen LogP contribution in [-0.4, -0.2) is 31.3 Å². The third-order valence-corrected chi connectivity index (χ3v) is 5.96. The van der Waals surface area contributed by atoms with Crippen LogP contribution in [0.4, 0.5) is 0 Å². The van der Waals surface area contributed by atoms with E-state index < -0.39 is 7.82 Å². The molecule has 0 aromatic rings. The summed E-state index contributed by atoms with van der Waals surface area (Å²) in [5.41, 5.74) is 0. The van der Waals surface area contributed by atoms with Gasteiger partial charge in [-0.25, -0.2) is 4.57 Å². The molecule has 0 aromatic carbocycles. The maximum atomic E-state index is 11.6. The van der Waals surface area contributed by atoms with E-state index >= 15 is 0 Å². The number of hydrogen-bond acceptors (Lipinski definition) is 4. The molecule has 5 nitrogen and oxygen atoms in total. The second-order valence-corrected chi connectivity index (χ2v) is 9.09. The molecule has 0 spiro atoms. The molecule has 0 heterocycles. The monoisotopic (exact) mass is 422 g/mol. The van der Waals surface area contributed by atoms with Crippen molar-refractivity contribution in [3.05, 3.63) is 0 Å². The van der Waals surface area contributed by atoms with Crippen LogP contribution in [0.2, 0.25) is 0 Å². The molecule has 0 aliphatic carbocycles. The second-order valence-electron chi connectivity index (χ2n) is 7.64. The first-order valence-corrected chi connectivity index (χ1v) is 13.3. The number of phosphoric ester groups is 1. The van der Waals surface area contributed by atoms with E-state index in [1.54, 1.807) is 0 Å². The van der Waals surface area contributed by atoms with E-state index in [1.165, 1.54) is 89.9 Å². The lowest BCUT2D eigenvalue weighted by molar-refractivity contribution is 0.0823. The van der Waals surface area contributed by atoms with Gasteiger partial charge < -0.3 is 9.63 Å². The molecule has 0 saturated carbocycles. The molecule has 28 heavy (non-hydrogen) atoms. The van der Waals surface area contributed by atoms with Crippen molar-refractivity contribution in [1.29, 1.82) is 0 Å². The predicted molar refractivity (Wildman–Crippen MR) is 118 cm³/mol. The van der Waals surface area contributed by atoms with Crippen LogP contribution in [0.25, 0.3) is 0 Å². The summed E-state index contributed by atoms with van der Waals surface area (Å²) in [5, 5.41) is 0. The zero-order valence-electron chi connectivity index (χ0n) is 18.7. The highest BCUT2D eigenvalue weighted by atomic mass is 31.2. The van der Waals surface area contributed by atoms with E-state index in [0.29, 0.717) is 13.2 Å². The van der Waals surface area contributed by atoms with Crippen LogP contribution < -0.4 is 0 Å². The van der Waals surface area contributed by atoms with E-state index in [2.05, 4.69) is 6.92 Å². The van der Waals surface area contributed by atoms with Gasteiger partial charge in [-0.2, -0.15) is 0 Å². The zero-order valence-corrected chi connectivity index (χ0v) is 19.6. The highest BCUT2D eigenvalue weighted by Crippen LogP contribution is 2.43. The Morgan fingerprint density at radius 1 is 0.571 bits per heavy atom. The summed E-state index contributed by atoms with van der Waals surface area (Å²) in [6, 6.07) is 0. The van der Waals surface area contributed by atoms with Gasteiger partial charge in [-0.15, -0.1) is 0 Å². The molecule has 6 heteroatoms. The summed E-state index contributed by atoms with van der Waals surface area (Å²) >= 11 is 0. The van der Waals surface area contributed by atoms with Crippen molar-refractivity contribution in [2.24, 2.45) is 0 Å². The van der Waals surface area contributed by atoms with E-state index in [9.17, 15) is 9.46 Å². The highest BCUT2D eigenvalue weighted by molar-refractivity contribution is 7.47. The number of hydrogen-bond donors (Lipinski definition) is 1. The van der Waals surface area contributed by atoms with Gasteiger partial charge in [0, 0.05) is 6.61 Å². The molecular weight excluding hydrogens is 375 g/mol. The fourth-order valence-electron chi connectivity index (χ4n) is 3.22. The summed E-state index contributed by atoms with van der Waals surface area (Å²) in [4.78, 5) is 9.49. The van der Waals surface area contributed by atoms with Crippen LogP contribution >= 0.6 is 7.82 Å². The van der Waals surface area contributed by atoms with Crippen molar-refractivity contribution >= 4 is 7.82 Å². The summed E-state index contributed by atoms with van der Waals surface area (Å²) in [6.45, 7) is 5.38. The summed E-state index contributed by atoms with van der Waals surface area (Å²) in [6.07, 6.45) is 20.9.